The molecular weight excluding hydrogens is 572 g/mol. The molecule has 3 unspecified atom stereocenters. The van der Waals surface area contributed by atoms with E-state index in [0.717, 1.165) is 0 Å². The number of amidine groups is 1. The zero-order valence-electron chi connectivity index (χ0n) is 24.6. The van der Waals surface area contributed by atoms with Gasteiger partial charge in [-0.05, 0) is 87.9 Å². The van der Waals surface area contributed by atoms with E-state index in [1.54, 1.807) is 18.3 Å². The minimum absolute atomic E-state index is 0.00439. The van der Waals surface area contributed by atoms with Crippen LogP contribution in [0.3, 0.4) is 0 Å². The highest BCUT2D eigenvalue weighted by Crippen LogP contribution is 2.31. The second kappa shape index (κ2) is 15.9. The van der Waals surface area contributed by atoms with Gasteiger partial charge >= 0.3 is 0 Å². The maximum Gasteiger partial charge on any atom is 0.286 e. The number of carbonyl (C=O) groups excluding carboxylic acids is 2. The van der Waals surface area contributed by atoms with E-state index < -0.39 is 17.5 Å². The standard InChI is InChI=1S/C32H35F2N5O5/c1-3-43-29-19-24(34)13-16-26(29)36-21(2)28-20-27(38-44-28)22-7-6-10-32(41)39(25-14-11-23(33)12-15-25)30(35-18-17-22)8-4-5-9-31(40)37-42/h6,10-19,22,27-28,38H,3-5,7-9,20H2,1-2H3/b10-6+,18-17+,35-30-,36-21+. The van der Waals surface area contributed by atoms with Crippen LogP contribution in [0.4, 0.5) is 20.2 Å². The Labute approximate surface area is 254 Å². The second-order valence-corrected chi connectivity index (χ2v) is 10.4. The summed E-state index contributed by atoms with van der Waals surface area (Å²) < 4.78 is 32.9. The summed E-state index contributed by atoms with van der Waals surface area (Å²) in [5.41, 5.74) is 4.75. The summed E-state index contributed by atoms with van der Waals surface area (Å²) in [7, 11) is 0. The molecule has 2 aliphatic rings. The number of anilines is 1. The van der Waals surface area contributed by atoms with Gasteiger partial charge in [-0.2, -0.15) is 5.48 Å². The Hall–Kier alpha value is -4.42. The molecule has 1 fully saturated rings. The number of ether oxygens (including phenoxy) is 1. The predicted octanol–water partition coefficient (Wildman–Crippen LogP) is 6.49. The third-order valence-corrected chi connectivity index (χ3v) is 7.26. The van der Waals surface area contributed by atoms with Crippen molar-refractivity contribution in [1.29, 1.82) is 0 Å². The van der Waals surface area contributed by atoms with Crippen molar-refractivity contribution in [3.8, 4) is 5.75 Å². The minimum atomic E-state index is -0.729. The monoisotopic (exact) mass is 607 g/mol. The number of aliphatic imine (C=N–C) groups is 2. The number of allylic oxidation sites excluding steroid dienone is 1. The first-order valence-electron chi connectivity index (χ1n) is 14.5. The Kier molecular flexibility index (Phi) is 11.7. The minimum Gasteiger partial charge on any atom is -0.492 e. The van der Waals surface area contributed by atoms with Crippen LogP contribution >= 0.6 is 0 Å². The normalized spacial score (nSPS) is 23.5. The smallest absolute Gasteiger partial charge is 0.286 e. The van der Waals surface area contributed by atoms with Crippen molar-refractivity contribution in [1.82, 2.24) is 5.48 Å². The molecule has 2 aliphatic heterocycles. The van der Waals surface area contributed by atoms with E-state index in [1.165, 1.54) is 47.4 Å². The molecule has 4 rings (SSSR count). The van der Waals surface area contributed by atoms with Gasteiger partial charge in [0.1, 0.15) is 35.0 Å². The molecule has 2 aromatic carbocycles. The van der Waals surface area contributed by atoms with Gasteiger partial charge in [-0.15, -0.1) is 4.91 Å². The quantitative estimate of drug-likeness (QED) is 0.177. The number of unbranched alkanes of at least 4 members (excludes halogenated alkanes) is 1. The van der Waals surface area contributed by atoms with Crippen LogP contribution in [-0.2, 0) is 14.4 Å². The number of carbonyl (C=O) groups is 2. The molecule has 0 aromatic heterocycles. The van der Waals surface area contributed by atoms with E-state index in [9.17, 15) is 23.3 Å². The van der Waals surface area contributed by atoms with Crippen molar-refractivity contribution in [2.75, 3.05) is 11.5 Å². The van der Waals surface area contributed by atoms with E-state index >= 15 is 0 Å². The zero-order chi connectivity index (χ0) is 31.5. The van der Waals surface area contributed by atoms with Gasteiger partial charge in [0.15, 0.2) is 0 Å². The molecule has 1 saturated heterocycles. The third kappa shape index (κ3) is 8.80. The zero-order valence-corrected chi connectivity index (χ0v) is 24.6. The molecule has 44 heavy (non-hydrogen) atoms. The Balaban J connectivity index is 1.52. The number of hydroxylamine groups is 1. The molecule has 2 amide bonds. The first kappa shape index (κ1) is 32.5. The van der Waals surface area contributed by atoms with Gasteiger partial charge in [-0.25, -0.2) is 13.8 Å². The van der Waals surface area contributed by atoms with Gasteiger partial charge in [0, 0.05) is 42.0 Å². The fourth-order valence-corrected chi connectivity index (χ4v) is 4.98. The summed E-state index contributed by atoms with van der Waals surface area (Å²) in [6.07, 6.45) is 8.80. The van der Waals surface area contributed by atoms with Crippen LogP contribution in [0.25, 0.3) is 0 Å². The molecular formula is C32H35F2N5O5. The van der Waals surface area contributed by atoms with Gasteiger partial charge in [-0.3, -0.25) is 24.3 Å². The highest BCUT2D eigenvalue weighted by atomic mass is 19.1. The molecule has 0 aliphatic carbocycles. The van der Waals surface area contributed by atoms with Gasteiger partial charge in [-0.1, -0.05) is 12.2 Å². The lowest BCUT2D eigenvalue weighted by Crippen LogP contribution is -2.36. The SMILES string of the molecule is CCOc1cc(F)ccc1/N=C(\C)C1CC(C2/C=C/N=C(/CCCCC(=O)N=O)N(c3ccc(F)cc3)C(=O)/C=C/C2)NO1. The van der Waals surface area contributed by atoms with Gasteiger partial charge in [0.05, 0.1) is 12.3 Å². The molecule has 0 saturated carbocycles. The van der Waals surface area contributed by atoms with Crippen molar-refractivity contribution in [2.24, 2.45) is 21.1 Å². The van der Waals surface area contributed by atoms with Gasteiger partial charge in [0.25, 0.3) is 11.8 Å². The van der Waals surface area contributed by atoms with Crippen molar-refractivity contribution in [2.45, 2.75) is 64.5 Å². The first-order chi connectivity index (χ1) is 21.3. The van der Waals surface area contributed by atoms with Crippen LogP contribution in [0.5, 0.6) is 5.75 Å². The fourth-order valence-electron chi connectivity index (χ4n) is 4.98. The Morgan fingerprint density at radius 2 is 1.93 bits per heavy atom. The number of nitrogens with one attached hydrogen (secondary N) is 1. The van der Waals surface area contributed by atoms with Crippen molar-refractivity contribution < 1.29 is 27.9 Å². The molecule has 0 radical (unpaired) electrons. The average Bonchev–Trinajstić information content (AvgIpc) is 3.51. The van der Waals surface area contributed by atoms with Crippen LogP contribution in [0.15, 0.2) is 82.1 Å². The lowest BCUT2D eigenvalue weighted by molar-refractivity contribution is -0.118. The highest BCUT2D eigenvalue weighted by Gasteiger charge is 2.32. The number of amides is 2. The van der Waals surface area contributed by atoms with Crippen molar-refractivity contribution in [3.63, 3.8) is 0 Å². The van der Waals surface area contributed by atoms with E-state index in [4.69, 9.17) is 9.57 Å². The second-order valence-electron chi connectivity index (χ2n) is 10.4. The summed E-state index contributed by atoms with van der Waals surface area (Å²) >= 11 is 0. The maximum absolute atomic E-state index is 13.7. The average molecular weight is 608 g/mol. The molecule has 2 aromatic rings. The summed E-state index contributed by atoms with van der Waals surface area (Å²) in [5.74, 6) is -1.24. The van der Waals surface area contributed by atoms with Crippen LogP contribution in [0, 0.1) is 22.5 Å². The Morgan fingerprint density at radius 1 is 1.16 bits per heavy atom. The van der Waals surface area contributed by atoms with Gasteiger partial charge < -0.3 is 4.74 Å². The first-order valence-corrected chi connectivity index (χ1v) is 14.5. The molecule has 232 valence electrons. The summed E-state index contributed by atoms with van der Waals surface area (Å²) in [6.45, 7) is 4.04. The fraction of sp³-hybridized carbons (Fsp3) is 0.375. The van der Waals surface area contributed by atoms with Crippen LogP contribution < -0.4 is 15.1 Å². The molecule has 3 atom stereocenters. The van der Waals surface area contributed by atoms with Crippen LogP contribution in [0.2, 0.25) is 0 Å². The number of nitrogens with zero attached hydrogens (tertiary/aromatic N) is 4. The summed E-state index contributed by atoms with van der Waals surface area (Å²) in [6, 6.07) is 9.63. The van der Waals surface area contributed by atoms with Gasteiger partial charge in [0.2, 0.25) is 0 Å². The van der Waals surface area contributed by atoms with Crippen LogP contribution in [-0.4, -0.2) is 42.1 Å². The number of hydrogen-bond donors (Lipinski definition) is 1. The maximum atomic E-state index is 13.7. The molecule has 10 nitrogen and oxygen atoms in total. The third-order valence-electron chi connectivity index (χ3n) is 7.26. The number of nitroso groups, excluding NO2 is 1. The molecule has 0 spiro atoms. The predicted molar refractivity (Wildman–Crippen MR) is 164 cm³/mol. The number of halogens is 2. The van der Waals surface area contributed by atoms with E-state index in [0.29, 0.717) is 67.4 Å². The number of benzene rings is 2. The van der Waals surface area contributed by atoms with Crippen molar-refractivity contribution >= 4 is 34.7 Å². The highest BCUT2D eigenvalue weighted by molar-refractivity contribution is 6.20. The summed E-state index contributed by atoms with van der Waals surface area (Å²) in [5, 5.41) is 2.42. The van der Waals surface area contributed by atoms with E-state index in [-0.39, 0.29) is 30.4 Å². The van der Waals surface area contributed by atoms with E-state index in [2.05, 4.69) is 20.6 Å². The molecule has 12 heteroatoms. The van der Waals surface area contributed by atoms with Crippen molar-refractivity contribution in [3.05, 3.63) is 83.4 Å². The Morgan fingerprint density at radius 3 is 2.68 bits per heavy atom. The largest absolute Gasteiger partial charge is 0.492 e. The number of rotatable bonds is 11. The molecule has 2 heterocycles. The summed E-state index contributed by atoms with van der Waals surface area (Å²) in [4.78, 5) is 51.7. The van der Waals surface area contributed by atoms with Crippen LogP contribution in [0.1, 0.15) is 52.4 Å². The molecule has 0 bridgehead atoms. The lowest BCUT2D eigenvalue weighted by atomic mass is 9.91. The Bertz CT molecular complexity index is 1460. The topological polar surface area (TPSA) is 122 Å². The van der Waals surface area contributed by atoms with E-state index in [1.807, 2.05) is 19.9 Å². The molecule has 1 N–H and O–H groups in total. The lowest BCUT2D eigenvalue weighted by Gasteiger charge is -2.24. The number of hydrogen-bond acceptors (Lipinski definition) is 8.